The van der Waals surface area contributed by atoms with E-state index in [1.807, 2.05) is 15.9 Å². The standard InChI is InChI=1S/C28H35F2N5O2.ClH/c1-18-14-34(22(12-31-18)15-33-8-4-5-26(33)36)16-27(37)35-17-28(2,3)23-13-32-21(11-25(23)35)9-19-6-7-20(29)10-24(19)30;/h6-7,10-11,13,18,22,31H,4-5,8-9,12,14-17H2,1-3H3;1H/t18-,22-;/m1./s1. The quantitative estimate of drug-likeness (QED) is 0.601. The predicted octanol–water partition coefficient (Wildman–Crippen LogP) is 3.28. The zero-order chi connectivity index (χ0) is 26.3. The number of fused-ring (bicyclic) bond motifs is 1. The number of carbonyl (C=O) groups is 2. The third-order valence-corrected chi connectivity index (χ3v) is 7.87. The van der Waals surface area contributed by atoms with Gasteiger partial charge < -0.3 is 15.1 Å². The van der Waals surface area contributed by atoms with Crippen LogP contribution in [0.2, 0.25) is 0 Å². The first-order valence-electron chi connectivity index (χ1n) is 13.1. The van der Waals surface area contributed by atoms with Gasteiger partial charge in [0.2, 0.25) is 11.8 Å². The average molecular weight is 548 g/mol. The maximum atomic E-state index is 14.3. The molecule has 2 aromatic rings. The van der Waals surface area contributed by atoms with Gasteiger partial charge >= 0.3 is 0 Å². The third-order valence-electron chi connectivity index (χ3n) is 7.87. The minimum Gasteiger partial charge on any atom is -0.341 e. The van der Waals surface area contributed by atoms with Crippen molar-refractivity contribution in [3.8, 4) is 0 Å². The Labute approximate surface area is 229 Å². The number of nitrogens with zero attached hydrogens (tertiary/aromatic N) is 4. The Bertz CT molecular complexity index is 1210. The Hall–Kier alpha value is -2.62. The topological polar surface area (TPSA) is 68.8 Å². The number of aromatic nitrogens is 1. The van der Waals surface area contributed by atoms with Gasteiger partial charge in [-0.05, 0) is 31.0 Å². The molecule has 3 aliphatic rings. The number of hydrogen-bond donors (Lipinski definition) is 1. The van der Waals surface area contributed by atoms with Crippen molar-refractivity contribution in [3.05, 3.63) is 58.9 Å². The zero-order valence-corrected chi connectivity index (χ0v) is 23.0. The third kappa shape index (κ3) is 5.84. The molecule has 206 valence electrons. The van der Waals surface area contributed by atoms with Crippen LogP contribution in [0.4, 0.5) is 14.5 Å². The molecule has 0 aliphatic carbocycles. The highest BCUT2D eigenvalue weighted by atomic mass is 35.5. The van der Waals surface area contributed by atoms with Crippen molar-refractivity contribution in [2.75, 3.05) is 44.2 Å². The maximum absolute atomic E-state index is 14.3. The Morgan fingerprint density at radius 2 is 2.03 bits per heavy atom. The van der Waals surface area contributed by atoms with Crippen LogP contribution in [0.15, 0.2) is 30.5 Å². The van der Waals surface area contributed by atoms with E-state index < -0.39 is 11.6 Å². The predicted molar refractivity (Wildman–Crippen MR) is 145 cm³/mol. The Morgan fingerprint density at radius 3 is 2.74 bits per heavy atom. The second-order valence-corrected chi connectivity index (χ2v) is 11.3. The molecule has 1 aromatic carbocycles. The van der Waals surface area contributed by atoms with Crippen molar-refractivity contribution >= 4 is 29.9 Å². The van der Waals surface area contributed by atoms with Crippen molar-refractivity contribution in [2.45, 2.75) is 57.5 Å². The lowest BCUT2D eigenvalue weighted by Crippen LogP contribution is -2.60. The smallest absolute Gasteiger partial charge is 0.241 e. The SMILES string of the molecule is C[C@@H]1CN(CC(=O)N2CC(C)(C)c3cnc(Cc4ccc(F)cc4F)cc32)[C@@H](CN2CCCC2=O)CN1.Cl. The molecule has 7 nitrogen and oxygen atoms in total. The summed E-state index contributed by atoms with van der Waals surface area (Å²) in [6, 6.07) is 5.75. The van der Waals surface area contributed by atoms with Crippen LogP contribution in [0.3, 0.4) is 0 Å². The van der Waals surface area contributed by atoms with Crippen molar-refractivity contribution in [2.24, 2.45) is 0 Å². The normalized spacial score (nSPS) is 22.9. The largest absolute Gasteiger partial charge is 0.341 e. The van der Waals surface area contributed by atoms with Crippen molar-refractivity contribution < 1.29 is 18.4 Å². The number of benzene rings is 1. The summed E-state index contributed by atoms with van der Waals surface area (Å²) in [5.74, 6) is -1.02. The lowest BCUT2D eigenvalue weighted by molar-refractivity contribution is -0.128. The first kappa shape index (κ1) is 28.4. The number of rotatable bonds is 6. The maximum Gasteiger partial charge on any atom is 0.241 e. The van der Waals surface area contributed by atoms with Crippen molar-refractivity contribution in [1.29, 1.82) is 0 Å². The van der Waals surface area contributed by atoms with E-state index in [1.165, 1.54) is 12.1 Å². The molecule has 0 bridgehead atoms. The van der Waals surface area contributed by atoms with Gasteiger partial charge in [-0.2, -0.15) is 0 Å². The van der Waals surface area contributed by atoms with Crippen molar-refractivity contribution in [3.63, 3.8) is 0 Å². The number of likely N-dealkylation sites (tertiary alicyclic amines) is 1. The molecule has 0 saturated carbocycles. The van der Waals surface area contributed by atoms with E-state index in [4.69, 9.17) is 0 Å². The minimum atomic E-state index is -0.615. The number of nitrogens with one attached hydrogen (secondary N) is 1. The number of pyridine rings is 1. The lowest BCUT2D eigenvalue weighted by Gasteiger charge is -2.41. The Balaban J connectivity index is 0.00000336. The number of hydrogen-bond acceptors (Lipinski definition) is 5. The molecule has 3 aliphatic heterocycles. The van der Waals surface area contributed by atoms with Crippen LogP contribution in [0.1, 0.15) is 50.4 Å². The fourth-order valence-electron chi connectivity index (χ4n) is 5.79. The van der Waals surface area contributed by atoms with Gasteiger partial charge in [-0.25, -0.2) is 8.78 Å². The summed E-state index contributed by atoms with van der Waals surface area (Å²) in [5, 5.41) is 3.49. The molecule has 0 spiro atoms. The highest BCUT2D eigenvalue weighted by Gasteiger charge is 2.40. The van der Waals surface area contributed by atoms with E-state index in [0.717, 1.165) is 43.4 Å². The Morgan fingerprint density at radius 1 is 1.24 bits per heavy atom. The summed E-state index contributed by atoms with van der Waals surface area (Å²) in [5.41, 5.74) is 2.50. The van der Waals surface area contributed by atoms with Crippen LogP contribution in [0.5, 0.6) is 0 Å². The second kappa shape index (κ2) is 11.2. The van der Waals surface area contributed by atoms with Gasteiger partial charge in [-0.15, -0.1) is 12.4 Å². The highest BCUT2D eigenvalue weighted by Crippen LogP contribution is 2.40. The average Bonchev–Trinajstić information content (AvgIpc) is 3.36. The lowest BCUT2D eigenvalue weighted by atomic mass is 9.88. The van der Waals surface area contributed by atoms with Gasteiger partial charge in [0.15, 0.2) is 0 Å². The summed E-state index contributed by atoms with van der Waals surface area (Å²) in [6.07, 6.45) is 3.50. The van der Waals surface area contributed by atoms with Crippen LogP contribution in [-0.2, 0) is 21.4 Å². The van der Waals surface area contributed by atoms with Crippen LogP contribution in [0, 0.1) is 11.6 Å². The number of carbonyl (C=O) groups excluding carboxylic acids is 2. The molecule has 0 radical (unpaired) electrons. The molecule has 2 saturated heterocycles. The van der Waals surface area contributed by atoms with E-state index >= 15 is 0 Å². The zero-order valence-electron chi connectivity index (χ0n) is 22.2. The minimum absolute atomic E-state index is 0. The molecular weight excluding hydrogens is 512 g/mol. The van der Waals surface area contributed by atoms with Crippen molar-refractivity contribution in [1.82, 2.24) is 20.1 Å². The fourth-order valence-corrected chi connectivity index (χ4v) is 5.79. The van der Waals surface area contributed by atoms with Gasteiger partial charge in [-0.1, -0.05) is 19.9 Å². The number of amides is 2. The molecule has 0 unspecified atom stereocenters. The molecule has 1 N–H and O–H groups in total. The number of anilines is 1. The second-order valence-electron chi connectivity index (χ2n) is 11.3. The highest BCUT2D eigenvalue weighted by molar-refractivity contribution is 5.97. The molecule has 38 heavy (non-hydrogen) atoms. The van der Waals surface area contributed by atoms with Crippen LogP contribution < -0.4 is 10.2 Å². The molecule has 2 amide bonds. The van der Waals surface area contributed by atoms with Gasteiger partial charge in [0.1, 0.15) is 11.6 Å². The van der Waals surface area contributed by atoms with Gasteiger partial charge in [0, 0.05) is 86.6 Å². The molecular formula is C28H36ClF2N5O2. The number of piperazine rings is 1. The van der Waals surface area contributed by atoms with Gasteiger partial charge in [-0.3, -0.25) is 19.5 Å². The first-order valence-corrected chi connectivity index (χ1v) is 13.1. The van der Waals surface area contributed by atoms with Crippen LogP contribution in [0.25, 0.3) is 0 Å². The Kier molecular flexibility index (Phi) is 8.40. The van der Waals surface area contributed by atoms with Crippen LogP contribution in [-0.4, -0.2) is 78.0 Å². The summed E-state index contributed by atoms with van der Waals surface area (Å²) in [4.78, 5) is 36.5. The first-order chi connectivity index (χ1) is 17.6. The molecule has 10 heteroatoms. The molecule has 2 atom stereocenters. The van der Waals surface area contributed by atoms with E-state index in [-0.39, 0.29) is 54.7 Å². The van der Waals surface area contributed by atoms with Crippen LogP contribution >= 0.6 is 12.4 Å². The van der Waals surface area contributed by atoms with Gasteiger partial charge in [0.05, 0.1) is 12.2 Å². The van der Waals surface area contributed by atoms with E-state index in [2.05, 4.69) is 36.0 Å². The molecule has 5 rings (SSSR count). The molecule has 2 fully saturated rings. The summed E-state index contributed by atoms with van der Waals surface area (Å²) in [6.45, 7) is 9.97. The molecule has 1 aromatic heterocycles. The number of halogens is 3. The molecule has 4 heterocycles. The summed E-state index contributed by atoms with van der Waals surface area (Å²) < 4.78 is 27.6. The van der Waals surface area contributed by atoms with E-state index in [9.17, 15) is 18.4 Å². The van der Waals surface area contributed by atoms with E-state index in [0.29, 0.717) is 30.8 Å². The van der Waals surface area contributed by atoms with E-state index in [1.54, 1.807) is 6.20 Å². The summed E-state index contributed by atoms with van der Waals surface area (Å²) in [7, 11) is 0. The fraction of sp³-hybridized carbons (Fsp3) is 0.536. The van der Waals surface area contributed by atoms with Gasteiger partial charge in [0.25, 0.3) is 0 Å². The monoisotopic (exact) mass is 547 g/mol. The summed E-state index contributed by atoms with van der Waals surface area (Å²) >= 11 is 0.